The molecule has 7 heteroatoms. The first-order chi connectivity index (χ1) is 12.2. The van der Waals surface area contributed by atoms with Crippen LogP contribution in [0.4, 0.5) is 0 Å². The summed E-state index contributed by atoms with van der Waals surface area (Å²) in [6, 6.07) is 0.616. The first kappa shape index (κ1) is 21.4. The average Bonchev–Trinajstić information content (AvgIpc) is 3.30. The number of aliphatic imine (C=N–C) groups is 1. The summed E-state index contributed by atoms with van der Waals surface area (Å²) in [6.45, 7) is 9.23. The molecule has 2 aliphatic rings. The van der Waals surface area contributed by atoms with Crippen LogP contribution in [0.1, 0.15) is 58.7 Å². The van der Waals surface area contributed by atoms with E-state index in [4.69, 9.17) is 4.99 Å². The Balaban J connectivity index is 0.00000243. The molecule has 0 aliphatic heterocycles. The fraction of sp³-hybridized carbons (Fsp3) is 0.842. The quantitative estimate of drug-likeness (QED) is 0.345. The van der Waals surface area contributed by atoms with Crippen molar-refractivity contribution >= 4 is 29.9 Å². The summed E-state index contributed by atoms with van der Waals surface area (Å²) < 4.78 is 2.12. The molecule has 0 radical (unpaired) electrons. The molecule has 3 unspecified atom stereocenters. The van der Waals surface area contributed by atoms with Crippen LogP contribution in [-0.4, -0.2) is 39.9 Å². The first-order valence-electron chi connectivity index (χ1n) is 10.1. The van der Waals surface area contributed by atoms with Gasteiger partial charge in [-0.15, -0.1) is 34.2 Å². The largest absolute Gasteiger partial charge is 0.355 e. The topological polar surface area (TPSA) is 67.1 Å². The Labute approximate surface area is 175 Å². The summed E-state index contributed by atoms with van der Waals surface area (Å²) >= 11 is 0. The van der Waals surface area contributed by atoms with Crippen LogP contribution < -0.4 is 10.6 Å². The maximum Gasteiger partial charge on any atom is 0.191 e. The molecule has 3 atom stereocenters. The average molecular weight is 474 g/mol. The minimum atomic E-state index is 0. The summed E-state index contributed by atoms with van der Waals surface area (Å²) in [6.07, 6.45) is 9.43. The molecule has 26 heavy (non-hydrogen) atoms. The van der Waals surface area contributed by atoms with Gasteiger partial charge >= 0.3 is 0 Å². The molecule has 0 aromatic carbocycles. The Morgan fingerprint density at radius 1 is 1.35 bits per heavy atom. The van der Waals surface area contributed by atoms with E-state index in [0.29, 0.717) is 12.0 Å². The smallest absolute Gasteiger partial charge is 0.191 e. The highest BCUT2D eigenvalue weighted by molar-refractivity contribution is 14.0. The van der Waals surface area contributed by atoms with Crippen LogP contribution >= 0.6 is 24.0 Å². The van der Waals surface area contributed by atoms with Crippen molar-refractivity contribution in [2.45, 2.75) is 71.9 Å². The molecule has 0 saturated heterocycles. The Hall–Kier alpha value is -0.860. The Bertz CT molecular complexity index is 570. The van der Waals surface area contributed by atoms with E-state index in [-0.39, 0.29) is 24.0 Å². The van der Waals surface area contributed by atoms with Crippen LogP contribution in [0.2, 0.25) is 0 Å². The van der Waals surface area contributed by atoms with E-state index in [0.717, 1.165) is 56.1 Å². The second-order valence-corrected chi connectivity index (χ2v) is 8.06. The minimum Gasteiger partial charge on any atom is -0.355 e. The summed E-state index contributed by atoms with van der Waals surface area (Å²) in [4.78, 5) is 4.83. The lowest BCUT2D eigenvalue weighted by atomic mass is 9.95. The third-order valence-electron chi connectivity index (χ3n) is 5.69. The van der Waals surface area contributed by atoms with E-state index in [1.54, 1.807) is 0 Å². The lowest BCUT2D eigenvalue weighted by Crippen LogP contribution is -2.46. The molecule has 1 aromatic rings. The lowest BCUT2D eigenvalue weighted by molar-refractivity contribution is 0.386. The van der Waals surface area contributed by atoms with Gasteiger partial charge in [-0.05, 0) is 43.4 Å². The third-order valence-corrected chi connectivity index (χ3v) is 5.69. The minimum absolute atomic E-state index is 0. The van der Waals surface area contributed by atoms with Crippen LogP contribution in [-0.2, 0) is 13.0 Å². The van der Waals surface area contributed by atoms with Gasteiger partial charge in [0.05, 0.1) is 0 Å². The van der Waals surface area contributed by atoms with E-state index in [9.17, 15) is 0 Å². The van der Waals surface area contributed by atoms with E-state index in [2.05, 4.69) is 46.2 Å². The third kappa shape index (κ3) is 5.82. The number of hydrogen-bond donors (Lipinski definition) is 2. The monoisotopic (exact) mass is 474 g/mol. The summed E-state index contributed by atoms with van der Waals surface area (Å²) in [5.74, 6) is 4.53. The summed E-state index contributed by atoms with van der Waals surface area (Å²) in [5, 5.41) is 15.4. The number of nitrogens with zero attached hydrogens (tertiary/aromatic N) is 4. The highest BCUT2D eigenvalue weighted by Crippen LogP contribution is 2.44. The standard InChI is InChI=1S/C19H34N6.HI/c1-4-18-24-22-13-25(18)10-9-21-19(20-8-7-14(2)3)23-17-12-15-5-6-16(17)11-15;/h13-17H,4-12H2,1-3H3,(H2,20,21,23);1H. The van der Waals surface area contributed by atoms with Gasteiger partial charge in [-0.1, -0.05) is 27.2 Å². The predicted octanol–water partition coefficient (Wildman–Crippen LogP) is 3.23. The highest BCUT2D eigenvalue weighted by atomic mass is 127. The molecule has 2 bridgehead atoms. The van der Waals surface area contributed by atoms with E-state index in [1.807, 2.05) is 6.33 Å². The highest BCUT2D eigenvalue weighted by Gasteiger charge is 2.39. The van der Waals surface area contributed by atoms with Crippen molar-refractivity contribution in [3.05, 3.63) is 12.2 Å². The molecule has 2 fully saturated rings. The van der Waals surface area contributed by atoms with Gasteiger partial charge in [-0.25, -0.2) is 0 Å². The number of aromatic nitrogens is 3. The van der Waals surface area contributed by atoms with Gasteiger partial charge in [0, 0.05) is 32.1 Å². The van der Waals surface area contributed by atoms with Crippen molar-refractivity contribution in [2.75, 3.05) is 13.1 Å². The molecule has 0 spiro atoms. The van der Waals surface area contributed by atoms with Crippen LogP contribution in [0, 0.1) is 17.8 Å². The van der Waals surface area contributed by atoms with Crippen LogP contribution in [0.25, 0.3) is 0 Å². The predicted molar refractivity (Wildman–Crippen MR) is 117 cm³/mol. The number of fused-ring (bicyclic) bond motifs is 2. The maximum absolute atomic E-state index is 4.83. The second-order valence-electron chi connectivity index (χ2n) is 8.06. The van der Waals surface area contributed by atoms with Crippen molar-refractivity contribution in [1.29, 1.82) is 0 Å². The van der Waals surface area contributed by atoms with Crippen molar-refractivity contribution in [2.24, 2.45) is 22.7 Å². The van der Waals surface area contributed by atoms with Gasteiger partial charge in [0.15, 0.2) is 5.96 Å². The number of aryl methyl sites for hydroxylation is 1. The van der Waals surface area contributed by atoms with Crippen molar-refractivity contribution in [3.63, 3.8) is 0 Å². The fourth-order valence-electron chi connectivity index (χ4n) is 4.22. The van der Waals surface area contributed by atoms with Gasteiger partial charge in [0.1, 0.15) is 12.2 Å². The van der Waals surface area contributed by atoms with Crippen LogP contribution in [0.5, 0.6) is 0 Å². The molecule has 2 saturated carbocycles. The number of hydrogen-bond acceptors (Lipinski definition) is 3. The van der Waals surface area contributed by atoms with Crippen molar-refractivity contribution in [1.82, 2.24) is 25.4 Å². The molecule has 6 nitrogen and oxygen atoms in total. The SMILES string of the molecule is CCc1nncn1CCNC(=NCCC(C)C)NC1CC2CCC1C2.I. The zero-order valence-corrected chi connectivity index (χ0v) is 18.8. The van der Waals surface area contributed by atoms with Gasteiger partial charge in [-0.3, -0.25) is 4.99 Å². The zero-order chi connectivity index (χ0) is 17.6. The second kappa shape index (κ2) is 10.5. The number of nitrogens with one attached hydrogen (secondary N) is 2. The van der Waals surface area contributed by atoms with E-state index in [1.165, 1.54) is 25.7 Å². The molecule has 2 aliphatic carbocycles. The van der Waals surface area contributed by atoms with Gasteiger partial charge in [0.25, 0.3) is 0 Å². The van der Waals surface area contributed by atoms with Crippen molar-refractivity contribution < 1.29 is 0 Å². The van der Waals surface area contributed by atoms with Crippen molar-refractivity contribution in [3.8, 4) is 0 Å². The molecular formula is C19H35IN6. The number of guanidine groups is 1. The lowest BCUT2D eigenvalue weighted by Gasteiger charge is -2.25. The fourth-order valence-corrected chi connectivity index (χ4v) is 4.22. The molecule has 0 amide bonds. The first-order valence-corrected chi connectivity index (χ1v) is 10.1. The van der Waals surface area contributed by atoms with Gasteiger partial charge in [-0.2, -0.15) is 0 Å². The van der Waals surface area contributed by atoms with E-state index >= 15 is 0 Å². The van der Waals surface area contributed by atoms with Gasteiger partial charge < -0.3 is 15.2 Å². The summed E-state index contributed by atoms with van der Waals surface area (Å²) in [5.41, 5.74) is 0. The molecule has 2 N–H and O–H groups in total. The van der Waals surface area contributed by atoms with Gasteiger partial charge in [0.2, 0.25) is 0 Å². The summed E-state index contributed by atoms with van der Waals surface area (Å²) in [7, 11) is 0. The molecule has 3 rings (SSSR count). The molecule has 148 valence electrons. The molecule has 1 heterocycles. The normalized spacial score (nSPS) is 24.8. The zero-order valence-electron chi connectivity index (χ0n) is 16.4. The Morgan fingerprint density at radius 3 is 2.85 bits per heavy atom. The Morgan fingerprint density at radius 2 is 2.19 bits per heavy atom. The van der Waals surface area contributed by atoms with Crippen LogP contribution in [0.15, 0.2) is 11.3 Å². The molecular weight excluding hydrogens is 439 g/mol. The number of halogens is 1. The van der Waals surface area contributed by atoms with Crippen LogP contribution in [0.3, 0.4) is 0 Å². The molecule has 1 aromatic heterocycles. The van der Waals surface area contributed by atoms with E-state index < -0.39 is 0 Å². The number of rotatable bonds is 8. The Kier molecular flexibility index (Phi) is 8.63. The maximum atomic E-state index is 4.83.